The van der Waals surface area contributed by atoms with E-state index in [1.54, 1.807) is 36.4 Å². The van der Waals surface area contributed by atoms with Gasteiger partial charge in [0.2, 0.25) is 0 Å². The van der Waals surface area contributed by atoms with Crippen LogP contribution in [0.25, 0.3) is 6.08 Å². The number of carbonyl (C=O) groups excluding carboxylic acids is 1. The Morgan fingerprint density at radius 2 is 1.74 bits per heavy atom. The number of carbonyl (C=O) groups is 1. The molecular weight excluding hydrogens is 430 g/mol. The quantitative estimate of drug-likeness (QED) is 0.463. The first-order valence-electron chi connectivity index (χ1n) is 9.78. The molecule has 31 heavy (non-hydrogen) atoms. The second-order valence-electron chi connectivity index (χ2n) is 7.15. The van der Waals surface area contributed by atoms with E-state index in [1.807, 2.05) is 50.2 Å². The highest BCUT2D eigenvalue weighted by Gasteiger charge is 2.34. The van der Waals surface area contributed by atoms with Crippen LogP contribution in [0.3, 0.4) is 0 Å². The number of hydrogen-bond acceptors (Lipinski definition) is 5. The van der Waals surface area contributed by atoms with Gasteiger partial charge in [-0.05, 0) is 59.7 Å². The van der Waals surface area contributed by atoms with E-state index in [4.69, 9.17) is 0 Å². The average Bonchev–Trinajstić information content (AvgIpc) is 3.02. The Labute approximate surface area is 188 Å². The monoisotopic (exact) mass is 455 g/mol. The van der Waals surface area contributed by atoms with Gasteiger partial charge in [-0.2, -0.15) is 8.42 Å². The number of benzene rings is 2. The van der Waals surface area contributed by atoms with Crippen molar-refractivity contribution in [1.82, 2.24) is 4.90 Å². The highest BCUT2D eigenvalue weighted by atomic mass is 32.2. The molecule has 1 aliphatic rings. The number of thioether (sulfide) groups is 1. The van der Waals surface area contributed by atoms with E-state index in [9.17, 15) is 13.2 Å². The van der Waals surface area contributed by atoms with Crippen LogP contribution in [0.1, 0.15) is 18.1 Å². The van der Waals surface area contributed by atoms with Gasteiger partial charge in [-0.1, -0.05) is 37.3 Å². The SMILES string of the molecule is C=CCN1C(=O)/C(=C/c2ccc(N(C)C)cc2)S/C1=N\S(=O)(=O)c1ccc(CC)cc1. The third kappa shape index (κ3) is 5.26. The van der Waals surface area contributed by atoms with Crippen molar-refractivity contribution in [3.05, 3.63) is 77.2 Å². The summed E-state index contributed by atoms with van der Waals surface area (Å²) in [4.78, 5) is 16.7. The summed E-state index contributed by atoms with van der Waals surface area (Å²) in [6, 6.07) is 14.4. The van der Waals surface area contributed by atoms with Crippen molar-refractivity contribution in [2.45, 2.75) is 18.2 Å². The molecule has 162 valence electrons. The highest BCUT2D eigenvalue weighted by Crippen LogP contribution is 2.34. The fourth-order valence-electron chi connectivity index (χ4n) is 2.94. The van der Waals surface area contributed by atoms with Crippen LogP contribution < -0.4 is 4.90 Å². The van der Waals surface area contributed by atoms with Crippen molar-refractivity contribution in [2.24, 2.45) is 4.40 Å². The number of amidine groups is 1. The smallest absolute Gasteiger partial charge is 0.284 e. The largest absolute Gasteiger partial charge is 0.378 e. The van der Waals surface area contributed by atoms with E-state index in [2.05, 4.69) is 11.0 Å². The summed E-state index contributed by atoms with van der Waals surface area (Å²) in [5.41, 5.74) is 2.93. The molecule has 0 unspecified atom stereocenters. The van der Waals surface area contributed by atoms with Crippen molar-refractivity contribution in [3.8, 4) is 0 Å². The molecule has 0 aromatic heterocycles. The van der Waals surface area contributed by atoms with E-state index in [-0.39, 0.29) is 22.5 Å². The summed E-state index contributed by atoms with van der Waals surface area (Å²) < 4.78 is 29.6. The van der Waals surface area contributed by atoms with Crippen LogP contribution in [-0.4, -0.2) is 45.0 Å². The van der Waals surface area contributed by atoms with E-state index < -0.39 is 10.0 Å². The average molecular weight is 456 g/mol. The zero-order valence-corrected chi connectivity index (χ0v) is 19.4. The first-order valence-corrected chi connectivity index (χ1v) is 12.0. The fraction of sp³-hybridized carbons (Fsp3) is 0.217. The lowest BCUT2D eigenvalue weighted by atomic mass is 10.2. The lowest BCUT2D eigenvalue weighted by molar-refractivity contribution is -0.121. The van der Waals surface area contributed by atoms with Gasteiger partial charge >= 0.3 is 0 Å². The van der Waals surface area contributed by atoms with E-state index in [1.165, 1.54) is 4.90 Å². The molecule has 1 heterocycles. The molecule has 6 nitrogen and oxygen atoms in total. The molecule has 0 bridgehead atoms. The van der Waals surface area contributed by atoms with Gasteiger partial charge in [-0.15, -0.1) is 11.0 Å². The molecule has 0 radical (unpaired) electrons. The molecule has 2 aromatic carbocycles. The molecule has 1 amide bonds. The Balaban J connectivity index is 1.93. The molecule has 0 spiro atoms. The predicted molar refractivity (Wildman–Crippen MR) is 129 cm³/mol. The number of anilines is 1. The van der Waals surface area contributed by atoms with Gasteiger partial charge in [0.25, 0.3) is 15.9 Å². The Bertz CT molecular complexity index is 1130. The molecule has 1 fully saturated rings. The van der Waals surface area contributed by atoms with E-state index in [0.717, 1.165) is 35.0 Å². The van der Waals surface area contributed by atoms with E-state index in [0.29, 0.717) is 4.91 Å². The number of hydrogen-bond donors (Lipinski definition) is 0. The van der Waals surface area contributed by atoms with Crippen LogP contribution in [0.5, 0.6) is 0 Å². The van der Waals surface area contributed by atoms with Gasteiger partial charge in [-0.3, -0.25) is 9.69 Å². The maximum atomic E-state index is 12.9. The van der Waals surface area contributed by atoms with Crippen LogP contribution in [-0.2, 0) is 21.2 Å². The summed E-state index contributed by atoms with van der Waals surface area (Å²) >= 11 is 1.05. The van der Waals surface area contributed by atoms with Gasteiger partial charge in [0.15, 0.2) is 5.17 Å². The van der Waals surface area contributed by atoms with Crippen molar-refractivity contribution in [2.75, 3.05) is 25.5 Å². The third-order valence-corrected chi connectivity index (χ3v) is 7.14. The molecule has 0 N–H and O–H groups in total. The van der Waals surface area contributed by atoms with Gasteiger partial charge in [-0.25, -0.2) is 0 Å². The summed E-state index contributed by atoms with van der Waals surface area (Å²) in [6.07, 6.45) is 4.11. The second-order valence-corrected chi connectivity index (χ2v) is 9.76. The predicted octanol–water partition coefficient (Wildman–Crippen LogP) is 4.16. The minimum atomic E-state index is -3.95. The Morgan fingerprint density at radius 3 is 2.29 bits per heavy atom. The molecule has 1 aliphatic heterocycles. The van der Waals surface area contributed by atoms with Crippen LogP contribution in [0, 0.1) is 0 Å². The van der Waals surface area contributed by atoms with Crippen LogP contribution in [0.4, 0.5) is 5.69 Å². The minimum Gasteiger partial charge on any atom is -0.378 e. The van der Waals surface area contributed by atoms with Crippen molar-refractivity contribution >= 4 is 44.6 Å². The summed E-state index contributed by atoms with van der Waals surface area (Å²) in [7, 11) is -0.0399. The van der Waals surface area contributed by atoms with Gasteiger partial charge in [0.1, 0.15) is 0 Å². The Morgan fingerprint density at radius 1 is 1.10 bits per heavy atom. The lowest BCUT2D eigenvalue weighted by Crippen LogP contribution is -2.29. The molecule has 0 atom stereocenters. The molecular formula is C23H25N3O3S2. The fourth-order valence-corrected chi connectivity index (χ4v) is 5.13. The first kappa shape index (κ1) is 22.8. The summed E-state index contributed by atoms with van der Waals surface area (Å²) in [5.74, 6) is -0.295. The van der Waals surface area contributed by atoms with E-state index >= 15 is 0 Å². The third-order valence-electron chi connectivity index (χ3n) is 4.73. The number of nitrogens with zero attached hydrogens (tertiary/aromatic N) is 3. The number of rotatable bonds is 7. The maximum absolute atomic E-state index is 12.9. The van der Waals surface area contributed by atoms with Gasteiger partial charge in [0, 0.05) is 26.3 Å². The summed E-state index contributed by atoms with van der Waals surface area (Å²) in [5, 5.41) is 0.126. The Kier molecular flexibility index (Phi) is 7.02. The zero-order valence-electron chi connectivity index (χ0n) is 17.8. The highest BCUT2D eigenvalue weighted by molar-refractivity contribution is 8.19. The molecule has 1 saturated heterocycles. The second kappa shape index (κ2) is 9.53. The first-order chi connectivity index (χ1) is 14.7. The molecule has 3 rings (SSSR count). The van der Waals surface area contributed by atoms with Gasteiger partial charge in [0.05, 0.1) is 9.80 Å². The molecule has 8 heteroatoms. The van der Waals surface area contributed by atoms with Crippen molar-refractivity contribution in [3.63, 3.8) is 0 Å². The summed E-state index contributed by atoms with van der Waals surface area (Å²) in [6.45, 7) is 5.84. The topological polar surface area (TPSA) is 70.1 Å². The molecule has 0 aliphatic carbocycles. The van der Waals surface area contributed by atoms with Crippen molar-refractivity contribution in [1.29, 1.82) is 0 Å². The molecule has 2 aromatic rings. The van der Waals surface area contributed by atoms with Crippen LogP contribution in [0.15, 0.2) is 75.4 Å². The van der Waals surface area contributed by atoms with Crippen LogP contribution in [0.2, 0.25) is 0 Å². The minimum absolute atomic E-state index is 0.0977. The molecule has 0 saturated carbocycles. The zero-order chi connectivity index (χ0) is 22.6. The standard InChI is InChI=1S/C23H25N3O3S2/c1-5-15-26-22(27)21(16-18-7-11-19(12-8-18)25(3)4)30-23(26)24-31(28,29)20-13-9-17(6-2)10-14-20/h5,7-14,16H,1,6,15H2,2-4H3/b21-16-,24-23-. The maximum Gasteiger partial charge on any atom is 0.284 e. The van der Waals surface area contributed by atoms with Crippen molar-refractivity contribution < 1.29 is 13.2 Å². The number of sulfonamides is 1. The number of amides is 1. The lowest BCUT2D eigenvalue weighted by Gasteiger charge is -2.12. The normalized spacial score (nSPS) is 16.9. The van der Waals surface area contributed by atoms with Crippen LogP contribution >= 0.6 is 11.8 Å². The Hall–Kier alpha value is -2.84. The number of aryl methyl sites for hydroxylation is 1. The van der Waals surface area contributed by atoms with Gasteiger partial charge < -0.3 is 4.90 Å².